The zero-order chi connectivity index (χ0) is 26.6. The molecule has 0 aliphatic heterocycles. The third-order valence-electron chi connectivity index (χ3n) is 6.13. The maximum atomic E-state index is 14.0. The lowest BCUT2D eigenvalue weighted by atomic mass is 9.81. The van der Waals surface area contributed by atoms with E-state index in [9.17, 15) is 24.8 Å². The van der Waals surface area contributed by atoms with Crippen molar-refractivity contribution in [1.29, 1.82) is 0 Å². The molecule has 0 aliphatic carbocycles. The molecule has 2 amide bonds. The number of nitrogens with one attached hydrogen (secondary N) is 1. The number of carbonyl (C=O) groups is 2. The highest BCUT2D eigenvalue weighted by atomic mass is 16.6. The van der Waals surface area contributed by atoms with Crippen molar-refractivity contribution in [2.24, 2.45) is 0 Å². The number of carbonyl (C=O) groups excluding carboxylic acids is 2. The molecule has 0 radical (unpaired) electrons. The van der Waals surface area contributed by atoms with E-state index in [1.54, 1.807) is 92.7 Å². The van der Waals surface area contributed by atoms with Crippen molar-refractivity contribution in [2.75, 3.05) is 5.01 Å². The maximum Gasteiger partial charge on any atom is 0.280 e. The van der Waals surface area contributed by atoms with Gasteiger partial charge < -0.3 is 5.11 Å². The van der Waals surface area contributed by atoms with Crippen LogP contribution in [0, 0.1) is 24.0 Å². The van der Waals surface area contributed by atoms with E-state index in [-0.39, 0.29) is 11.3 Å². The van der Waals surface area contributed by atoms with Gasteiger partial charge in [-0.2, -0.15) is 0 Å². The summed E-state index contributed by atoms with van der Waals surface area (Å²) in [6.07, 6.45) is 0. The van der Waals surface area contributed by atoms with Crippen molar-refractivity contribution in [3.8, 4) is 0 Å². The van der Waals surface area contributed by atoms with Crippen LogP contribution in [0.2, 0.25) is 0 Å². The van der Waals surface area contributed by atoms with E-state index < -0.39 is 22.3 Å². The first-order valence-corrected chi connectivity index (χ1v) is 11.5. The molecule has 0 fully saturated rings. The number of hydrogen-bond acceptors (Lipinski definition) is 5. The average molecular weight is 496 g/mol. The number of hydrogen-bond donors (Lipinski definition) is 2. The summed E-state index contributed by atoms with van der Waals surface area (Å²) in [6, 6.07) is 27.5. The lowest BCUT2D eigenvalue weighted by Crippen LogP contribution is -2.55. The van der Waals surface area contributed by atoms with Crippen LogP contribution in [0.15, 0.2) is 103 Å². The van der Waals surface area contributed by atoms with Crippen LogP contribution in [-0.4, -0.2) is 21.8 Å². The summed E-state index contributed by atoms with van der Waals surface area (Å²) < 4.78 is 0. The Morgan fingerprint density at radius 1 is 0.811 bits per heavy atom. The van der Waals surface area contributed by atoms with Gasteiger partial charge in [0.25, 0.3) is 17.5 Å². The van der Waals surface area contributed by atoms with E-state index >= 15 is 0 Å². The molecular formula is C29H25N3O5. The van der Waals surface area contributed by atoms with E-state index in [2.05, 4.69) is 5.43 Å². The first-order valence-electron chi connectivity index (χ1n) is 11.5. The number of aryl methyl sites for hydroxylation is 2. The molecule has 0 aliphatic rings. The highest BCUT2D eigenvalue weighted by Crippen LogP contribution is 2.34. The normalized spacial score (nSPS) is 11.0. The van der Waals surface area contributed by atoms with E-state index in [0.29, 0.717) is 27.9 Å². The van der Waals surface area contributed by atoms with Crippen LogP contribution < -0.4 is 10.4 Å². The quantitative estimate of drug-likeness (QED) is 0.294. The van der Waals surface area contributed by atoms with Gasteiger partial charge in [0.2, 0.25) is 0 Å². The van der Waals surface area contributed by atoms with Crippen molar-refractivity contribution in [3.63, 3.8) is 0 Å². The Hall–Kier alpha value is -4.82. The minimum Gasteiger partial charge on any atom is -0.372 e. The second kappa shape index (κ2) is 10.4. The summed E-state index contributed by atoms with van der Waals surface area (Å²) in [5.74, 6) is -1.57. The Labute approximate surface area is 213 Å². The molecule has 8 nitrogen and oxygen atoms in total. The molecule has 0 unspecified atom stereocenters. The molecule has 186 valence electrons. The number of aliphatic hydroxyl groups is 1. The number of rotatable bonds is 6. The van der Waals surface area contributed by atoms with Crippen LogP contribution in [-0.2, 0) is 10.4 Å². The minimum atomic E-state index is -2.15. The second-order valence-corrected chi connectivity index (χ2v) is 8.56. The van der Waals surface area contributed by atoms with Gasteiger partial charge in [-0.05, 0) is 43.2 Å². The van der Waals surface area contributed by atoms with Crippen LogP contribution in [0.3, 0.4) is 0 Å². The smallest absolute Gasteiger partial charge is 0.280 e. The van der Waals surface area contributed by atoms with Crippen molar-refractivity contribution >= 4 is 23.2 Å². The number of para-hydroxylation sites is 1. The number of non-ortho nitro benzene ring substituents is 1. The Balaban J connectivity index is 1.83. The van der Waals surface area contributed by atoms with E-state index in [1.165, 1.54) is 18.2 Å². The van der Waals surface area contributed by atoms with Crippen LogP contribution in [0.4, 0.5) is 11.4 Å². The minimum absolute atomic E-state index is 0.00586. The molecule has 8 heteroatoms. The van der Waals surface area contributed by atoms with Crippen molar-refractivity contribution < 1.29 is 19.6 Å². The molecule has 0 spiro atoms. The Kier molecular flexibility index (Phi) is 7.13. The predicted molar refractivity (Wildman–Crippen MR) is 140 cm³/mol. The molecule has 0 aromatic heterocycles. The second-order valence-electron chi connectivity index (χ2n) is 8.56. The van der Waals surface area contributed by atoms with Gasteiger partial charge in [0.15, 0.2) is 5.60 Å². The summed E-state index contributed by atoms with van der Waals surface area (Å²) >= 11 is 0. The van der Waals surface area contributed by atoms with E-state index in [0.717, 1.165) is 11.1 Å². The van der Waals surface area contributed by atoms with Gasteiger partial charge in [0.05, 0.1) is 10.6 Å². The monoisotopic (exact) mass is 495 g/mol. The first kappa shape index (κ1) is 25.3. The standard InChI is InChI=1S/C29H25N3O5/c1-20-11-6-8-17-25(20)29(35,26-18-9-7-12-21(26)2)28(34)30-31(23-14-4-3-5-15-23)27(33)22-13-10-16-24(19-22)32(36)37/h3-19,35H,1-2H3,(H,30,34). The molecule has 2 N–H and O–H groups in total. The number of anilines is 1. The predicted octanol–water partition coefficient (Wildman–Crippen LogP) is 4.83. The van der Waals surface area contributed by atoms with Gasteiger partial charge in [0, 0.05) is 28.8 Å². The number of nitrogens with zero attached hydrogens (tertiary/aromatic N) is 2. The van der Waals surface area contributed by atoms with E-state index in [4.69, 9.17) is 0 Å². The third kappa shape index (κ3) is 4.96. The van der Waals surface area contributed by atoms with Gasteiger partial charge >= 0.3 is 0 Å². The molecule has 4 rings (SSSR count). The molecule has 0 atom stereocenters. The number of nitro benzene ring substituents is 1. The number of hydrazine groups is 1. The molecule has 4 aromatic rings. The zero-order valence-corrected chi connectivity index (χ0v) is 20.3. The molecule has 37 heavy (non-hydrogen) atoms. The summed E-state index contributed by atoms with van der Waals surface area (Å²) in [6.45, 7) is 3.57. The fourth-order valence-corrected chi connectivity index (χ4v) is 4.22. The number of benzene rings is 4. The largest absolute Gasteiger partial charge is 0.372 e. The topological polar surface area (TPSA) is 113 Å². The van der Waals surface area contributed by atoms with Crippen molar-refractivity contribution in [1.82, 2.24) is 5.43 Å². The molecule has 0 saturated carbocycles. The molecule has 0 bridgehead atoms. The van der Waals surface area contributed by atoms with Crippen molar-refractivity contribution in [3.05, 3.63) is 141 Å². The molecule has 0 saturated heterocycles. The van der Waals surface area contributed by atoms with Gasteiger partial charge in [-0.1, -0.05) is 72.8 Å². The fourth-order valence-electron chi connectivity index (χ4n) is 4.22. The Morgan fingerprint density at radius 3 is 1.89 bits per heavy atom. The first-order chi connectivity index (χ1) is 17.7. The maximum absolute atomic E-state index is 14.0. The van der Waals surface area contributed by atoms with Gasteiger partial charge in [0.1, 0.15) is 0 Å². The van der Waals surface area contributed by atoms with E-state index in [1.807, 2.05) is 0 Å². The Bertz CT molecular complexity index is 1420. The third-order valence-corrected chi connectivity index (χ3v) is 6.13. The van der Waals surface area contributed by atoms with Gasteiger partial charge in [-0.3, -0.25) is 25.1 Å². The molecule has 4 aromatic carbocycles. The molecule has 0 heterocycles. The summed E-state index contributed by atoms with van der Waals surface area (Å²) in [4.78, 5) is 38.3. The highest BCUT2D eigenvalue weighted by molar-refractivity contribution is 6.08. The zero-order valence-electron chi connectivity index (χ0n) is 20.3. The number of amides is 2. The van der Waals surface area contributed by atoms with Crippen molar-refractivity contribution in [2.45, 2.75) is 19.4 Å². The Morgan fingerprint density at radius 2 is 1.35 bits per heavy atom. The van der Waals surface area contributed by atoms with Gasteiger partial charge in [-0.15, -0.1) is 0 Å². The summed E-state index contributed by atoms with van der Waals surface area (Å²) in [5.41, 5.74) is 2.57. The van der Waals surface area contributed by atoms with Crippen LogP contribution in [0.1, 0.15) is 32.6 Å². The highest BCUT2D eigenvalue weighted by Gasteiger charge is 2.43. The SMILES string of the molecule is Cc1ccccc1C(O)(C(=O)NN(C(=O)c1cccc([N+](=O)[O-])c1)c1ccccc1)c1ccccc1C. The lowest BCUT2D eigenvalue weighted by molar-refractivity contribution is -0.384. The molecular weight excluding hydrogens is 470 g/mol. The van der Waals surface area contributed by atoms with Crippen LogP contribution >= 0.6 is 0 Å². The van der Waals surface area contributed by atoms with Crippen LogP contribution in [0.5, 0.6) is 0 Å². The van der Waals surface area contributed by atoms with Gasteiger partial charge in [-0.25, -0.2) is 5.01 Å². The summed E-state index contributed by atoms with van der Waals surface area (Å²) in [7, 11) is 0. The van der Waals surface area contributed by atoms with Crippen LogP contribution in [0.25, 0.3) is 0 Å². The fraction of sp³-hybridized carbons (Fsp3) is 0.103. The lowest BCUT2D eigenvalue weighted by Gasteiger charge is -2.33. The average Bonchev–Trinajstić information content (AvgIpc) is 2.92. The number of nitro groups is 1. The summed E-state index contributed by atoms with van der Waals surface area (Å²) in [5, 5.41) is 24.4.